The van der Waals surface area contributed by atoms with Gasteiger partial charge < -0.3 is 15.4 Å². The minimum Gasteiger partial charge on any atom is -0.434 e. The predicted octanol–water partition coefficient (Wildman–Crippen LogP) is 2.97. The van der Waals surface area contributed by atoms with Crippen molar-refractivity contribution in [3.63, 3.8) is 0 Å². The highest BCUT2D eigenvalue weighted by Crippen LogP contribution is 2.26. The second-order valence-corrected chi connectivity index (χ2v) is 6.98. The van der Waals surface area contributed by atoms with Gasteiger partial charge in [-0.05, 0) is 25.3 Å². The first kappa shape index (κ1) is 18.9. The van der Waals surface area contributed by atoms with E-state index in [9.17, 15) is 8.78 Å². The first-order valence-electron chi connectivity index (χ1n) is 9.39. The van der Waals surface area contributed by atoms with Gasteiger partial charge >= 0.3 is 6.61 Å². The number of para-hydroxylation sites is 1. The number of hydrogen-bond donors (Lipinski definition) is 2. The van der Waals surface area contributed by atoms with Crippen molar-refractivity contribution in [2.24, 2.45) is 4.99 Å². The van der Waals surface area contributed by atoms with Gasteiger partial charge in [0.1, 0.15) is 5.75 Å². The molecule has 1 aliphatic carbocycles. The first-order valence-corrected chi connectivity index (χ1v) is 9.39. The Morgan fingerprint density at radius 1 is 1.27 bits per heavy atom. The van der Waals surface area contributed by atoms with Crippen molar-refractivity contribution >= 4 is 5.96 Å². The number of ether oxygens (including phenoxy) is 1. The number of alkyl halides is 2. The Morgan fingerprint density at radius 3 is 2.77 bits per heavy atom. The van der Waals surface area contributed by atoms with Crippen LogP contribution < -0.4 is 15.4 Å². The van der Waals surface area contributed by atoms with Gasteiger partial charge in [0.05, 0.1) is 0 Å². The number of rotatable bonds is 6. The maximum absolute atomic E-state index is 12.5. The van der Waals surface area contributed by atoms with Crippen LogP contribution in [0.25, 0.3) is 0 Å². The summed E-state index contributed by atoms with van der Waals surface area (Å²) in [6, 6.07) is 7.93. The summed E-state index contributed by atoms with van der Waals surface area (Å²) in [4.78, 5) is 6.85. The molecule has 3 rings (SSSR count). The van der Waals surface area contributed by atoms with Crippen LogP contribution in [-0.2, 0) is 6.54 Å². The fraction of sp³-hybridized carbons (Fsp3) is 0.632. The number of likely N-dealkylation sites (tertiary alicyclic amines) is 1. The molecule has 1 aromatic carbocycles. The van der Waals surface area contributed by atoms with Crippen LogP contribution in [0.5, 0.6) is 5.75 Å². The Bertz CT molecular complexity index is 605. The van der Waals surface area contributed by atoms with Gasteiger partial charge in [-0.15, -0.1) is 0 Å². The fourth-order valence-corrected chi connectivity index (χ4v) is 3.93. The van der Waals surface area contributed by atoms with Crippen LogP contribution in [0, 0.1) is 0 Å². The van der Waals surface area contributed by atoms with E-state index in [1.54, 1.807) is 25.2 Å². The minimum atomic E-state index is -2.83. The third kappa shape index (κ3) is 5.06. The van der Waals surface area contributed by atoms with Crippen molar-refractivity contribution in [1.29, 1.82) is 0 Å². The molecule has 144 valence electrons. The molecular weight excluding hydrogens is 338 g/mol. The fourth-order valence-electron chi connectivity index (χ4n) is 3.93. The number of halogens is 2. The van der Waals surface area contributed by atoms with Crippen LogP contribution in [0.15, 0.2) is 29.3 Å². The number of guanidine groups is 1. The number of aliphatic imine (C=N–C) groups is 1. The lowest BCUT2D eigenvalue weighted by molar-refractivity contribution is -0.0504. The molecule has 2 fully saturated rings. The van der Waals surface area contributed by atoms with E-state index in [-0.39, 0.29) is 5.75 Å². The van der Waals surface area contributed by atoms with E-state index in [0.29, 0.717) is 24.1 Å². The van der Waals surface area contributed by atoms with Crippen molar-refractivity contribution in [2.45, 2.75) is 57.3 Å². The van der Waals surface area contributed by atoms with Crippen molar-refractivity contribution in [3.8, 4) is 5.75 Å². The van der Waals surface area contributed by atoms with Gasteiger partial charge in [0.25, 0.3) is 0 Å². The summed E-state index contributed by atoms with van der Waals surface area (Å²) in [5, 5.41) is 6.66. The lowest BCUT2D eigenvalue weighted by Gasteiger charge is -2.24. The topological polar surface area (TPSA) is 48.9 Å². The summed E-state index contributed by atoms with van der Waals surface area (Å²) in [7, 11) is 1.72. The van der Waals surface area contributed by atoms with Crippen LogP contribution in [0.4, 0.5) is 8.78 Å². The Morgan fingerprint density at radius 2 is 2.04 bits per heavy atom. The average molecular weight is 366 g/mol. The van der Waals surface area contributed by atoms with Gasteiger partial charge in [-0.25, -0.2) is 0 Å². The predicted molar refractivity (Wildman–Crippen MR) is 98.6 cm³/mol. The molecule has 1 heterocycles. The van der Waals surface area contributed by atoms with Crippen LogP contribution in [0.3, 0.4) is 0 Å². The number of benzene rings is 1. The molecule has 0 spiro atoms. The van der Waals surface area contributed by atoms with E-state index in [1.165, 1.54) is 25.7 Å². The van der Waals surface area contributed by atoms with Gasteiger partial charge in [0.15, 0.2) is 5.96 Å². The van der Waals surface area contributed by atoms with Crippen LogP contribution in [-0.4, -0.2) is 49.7 Å². The van der Waals surface area contributed by atoms with Crippen molar-refractivity contribution in [2.75, 3.05) is 20.1 Å². The van der Waals surface area contributed by atoms with E-state index in [2.05, 4.69) is 25.3 Å². The highest BCUT2D eigenvalue weighted by Gasteiger charge is 2.30. The Kier molecular flexibility index (Phi) is 6.66. The van der Waals surface area contributed by atoms with E-state index in [1.807, 2.05) is 6.07 Å². The number of hydrogen-bond acceptors (Lipinski definition) is 3. The molecule has 0 radical (unpaired) electrons. The Hall–Kier alpha value is -1.89. The molecule has 1 unspecified atom stereocenters. The van der Waals surface area contributed by atoms with Gasteiger partial charge in [-0.1, -0.05) is 31.0 Å². The van der Waals surface area contributed by atoms with Crippen LogP contribution in [0.2, 0.25) is 0 Å². The highest BCUT2D eigenvalue weighted by molar-refractivity contribution is 5.80. The molecule has 1 saturated carbocycles. The second-order valence-electron chi connectivity index (χ2n) is 6.98. The Balaban J connectivity index is 1.50. The SMILES string of the molecule is CN=C(NCc1ccccc1OC(F)F)NC1CCN(C2CCCC2)C1. The normalized spacial score (nSPS) is 22.2. The number of nitrogens with one attached hydrogen (secondary N) is 2. The van der Waals surface area contributed by atoms with Crippen LogP contribution in [0.1, 0.15) is 37.7 Å². The van der Waals surface area contributed by atoms with Gasteiger partial charge in [-0.3, -0.25) is 9.89 Å². The molecule has 1 atom stereocenters. The van der Waals surface area contributed by atoms with E-state index < -0.39 is 6.61 Å². The molecule has 0 amide bonds. The summed E-state index contributed by atoms with van der Waals surface area (Å²) in [6.07, 6.45) is 6.44. The summed E-state index contributed by atoms with van der Waals surface area (Å²) < 4.78 is 29.6. The van der Waals surface area contributed by atoms with Crippen molar-refractivity contribution < 1.29 is 13.5 Å². The zero-order valence-electron chi connectivity index (χ0n) is 15.3. The molecule has 26 heavy (non-hydrogen) atoms. The molecule has 0 bridgehead atoms. The van der Waals surface area contributed by atoms with E-state index in [4.69, 9.17) is 0 Å². The standard InChI is InChI=1S/C19H28F2N4O/c1-22-19(23-12-14-6-2-5-9-17(14)26-18(20)21)24-15-10-11-25(13-15)16-7-3-4-8-16/h2,5-6,9,15-16,18H,3-4,7-8,10-13H2,1H3,(H2,22,23,24). The molecule has 0 aromatic heterocycles. The zero-order valence-corrected chi connectivity index (χ0v) is 15.3. The second kappa shape index (κ2) is 9.16. The third-order valence-corrected chi connectivity index (χ3v) is 5.26. The van der Waals surface area contributed by atoms with Gasteiger partial charge in [-0.2, -0.15) is 8.78 Å². The molecule has 1 saturated heterocycles. The molecule has 2 aliphatic rings. The quantitative estimate of drug-likeness (QED) is 0.600. The molecule has 2 N–H and O–H groups in total. The van der Waals surface area contributed by atoms with Gasteiger partial charge in [0, 0.05) is 44.3 Å². The van der Waals surface area contributed by atoms with E-state index in [0.717, 1.165) is 25.6 Å². The van der Waals surface area contributed by atoms with Crippen molar-refractivity contribution in [1.82, 2.24) is 15.5 Å². The smallest absolute Gasteiger partial charge is 0.387 e. The Labute approximate surface area is 153 Å². The summed E-state index contributed by atoms with van der Waals surface area (Å²) in [5.41, 5.74) is 0.676. The maximum Gasteiger partial charge on any atom is 0.387 e. The zero-order chi connectivity index (χ0) is 18.4. The van der Waals surface area contributed by atoms with Gasteiger partial charge in [0.2, 0.25) is 0 Å². The summed E-state index contributed by atoms with van der Waals surface area (Å²) in [6.45, 7) is -0.281. The number of nitrogens with zero attached hydrogens (tertiary/aromatic N) is 2. The minimum absolute atomic E-state index is 0.193. The van der Waals surface area contributed by atoms with E-state index >= 15 is 0 Å². The average Bonchev–Trinajstić information content (AvgIpc) is 3.30. The highest BCUT2D eigenvalue weighted by atomic mass is 19.3. The molecular formula is C19H28F2N4O. The lowest BCUT2D eigenvalue weighted by Crippen LogP contribution is -2.45. The monoisotopic (exact) mass is 366 g/mol. The molecule has 5 nitrogen and oxygen atoms in total. The third-order valence-electron chi connectivity index (χ3n) is 5.26. The summed E-state index contributed by atoms with van der Waals surface area (Å²) in [5.74, 6) is 0.883. The first-order chi connectivity index (χ1) is 12.7. The van der Waals surface area contributed by atoms with Crippen molar-refractivity contribution in [3.05, 3.63) is 29.8 Å². The lowest BCUT2D eigenvalue weighted by atomic mass is 10.2. The maximum atomic E-state index is 12.5. The summed E-state index contributed by atoms with van der Waals surface area (Å²) >= 11 is 0. The molecule has 1 aromatic rings. The molecule has 1 aliphatic heterocycles. The van der Waals surface area contributed by atoms with Crippen LogP contribution >= 0.6 is 0 Å². The molecule has 7 heteroatoms. The largest absolute Gasteiger partial charge is 0.434 e.